The number of benzene rings is 1. The summed E-state index contributed by atoms with van der Waals surface area (Å²) >= 11 is 3.41. The summed E-state index contributed by atoms with van der Waals surface area (Å²) in [6.45, 7) is 0.465. The molecular formula is C12H14BrNO. The molecule has 1 aromatic rings. The Morgan fingerprint density at radius 2 is 2.07 bits per heavy atom. The van der Waals surface area contributed by atoms with Gasteiger partial charge in [-0.25, -0.2) is 0 Å². The summed E-state index contributed by atoms with van der Waals surface area (Å²) in [5.41, 5.74) is 6.21. The lowest BCUT2D eigenvalue weighted by molar-refractivity contribution is 0.0635. The molecule has 0 radical (unpaired) electrons. The third-order valence-electron chi connectivity index (χ3n) is 3.30. The molecule has 15 heavy (non-hydrogen) atoms. The van der Waals surface area contributed by atoms with Crippen LogP contribution in [0.15, 0.2) is 28.7 Å². The summed E-state index contributed by atoms with van der Waals surface area (Å²) in [7, 11) is 0. The van der Waals surface area contributed by atoms with Crippen LogP contribution >= 0.6 is 15.9 Å². The number of carbonyl (C=O) groups excluding carboxylic acids is 1. The van der Waals surface area contributed by atoms with Crippen molar-refractivity contribution < 1.29 is 4.79 Å². The van der Waals surface area contributed by atoms with Crippen LogP contribution in [0.3, 0.4) is 0 Å². The van der Waals surface area contributed by atoms with Gasteiger partial charge in [-0.05, 0) is 18.9 Å². The first kappa shape index (κ1) is 10.8. The summed E-state index contributed by atoms with van der Waals surface area (Å²) in [4.78, 5) is 12.3. The number of ketones is 1. The van der Waals surface area contributed by atoms with Crippen LogP contribution < -0.4 is 5.73 Å². The van der Waals surface area contributed by atoms with Crippen LogP contribution in [-0.2, 0) is 0 Å². The van der Waals surface area contributed by atoms with E-state index in [-0.39, 0.29) is 11.2 Å². The van der Waals surface area contributed by atoms with Crippen molar-refractivity contribution in [3.63, 3.8) is 0 Å². The number of hydrogen-bond acceptors (Lipinski definition) is 2. The molecule has 0 aliphatic heterocycles. The van der Waals surface area contributed by atoms with Gasteiger partial charge in [-0.15, -0.1) is 0 Å². The zero-order valence-electron chi connectivity index (χ0n) is 8.50. The fraction of sp³-hybridized carbons (Fsp3) is 0.417. The molecule has 0 bridgehead atoms. The summed E-state index contributed by atoms with van der Waals surface area (Å²) in [6, 6.07) is 7.57. The molecule has 1 fully saturated rings. The predicted molar refractivity (Wildman–Crippen MR) is 63.8 cm³/mol. The number of hydrogen-bond donors (Lipinski definition) is 1. The molecule has 2 nitrogen and oxygen atoms in total. The second-order valence-electron chi connectivity index (χ2n) is 4.15. The van der Waals surface area contributed by atoms with Gasteiger partial charge in [0.2, 0.25) is 0 Å². The minimum absolute atomic E-state index is 0.198. The highest BCUT2D eigenvalue weighted by atomic mass is 79.9. The molecule has 0 unspecified atom stereocenters. The summed E-state index contributed by atoms with van der Waals surface area (Å²) in [6.07, 6.45) is 2.99. The minimum Gasteiger partial charge on any atom is -0.329 e. The smallest absolute Gasteiger partial charge is 0.171 e. The molecule has 2 rings (SSSR count). The van der Waals surface area contributed by atoms with Crippen LogP contribution in [0.5, 0.6) is 0 Å². The van der Waals surface area contributed by atoms with E-state index in [0.717, 1.165) is 29.3 Å². The van der Waals surface area contributed by atoms with Crippen molar-refractivity contribution in [2.45, 2.75) is 19.3 Å². The SMILES string of the molecule is NCC1(C(=O)c2ccccc2Br)CCC1. The Kier molecular flexibility index (Phi) is 2.94. The highest BCUT2D eigenvalue weighted by Gasteiger charge is 2.43. The molecule has 1 aliphatic rings. The average Bonchev–Trinajstić information content (AvgIpc) is 2.17. The summed E-state index contributed by atoms with van der Waals surface area (Å²) in [5, 5.41) is 0. The van der Waals surface area contributed by atoms with E-state index in [9.17, 15) is 4.79 Å². The van der Waals surface area contributed by atoms with E-state index in [4.69, 9.17) is 5.73 Å². The number of halogens is 1. The number of Topliss-reactive ketones (excluding diaryl/α,β-unsaturated/α-hetero) is 1. The maximum atomic E-state index is 12.3. The third kappa shape index (κ3) is 1.74. The van der Waals surface area contributed by atoms with Gasteiger partial charge in [-0.1, -0.05) is 40.5 Å². The van der Waals surface area contributed by atoms with E-state index in [1.165, 1.54) is 0 Å². The van der Waals surface area contributed by atoms with E-state index >= 15 is 0 Å². The normalized spacial score (nSPS) is 18.3. The number of carbonyl (C=O) groups is 1. The second-order valence-corrected chi connectivity index (χ2v) is 5.00. The predicted octanol–water partition coefficient (Wildman–Crippen LogP) is 2.76. The molecular weight excluding hydrogens is 254 g/mol. The second kappa shape index (κ2) is 4.06. The Morgan fingerprint density at radius 1 is 1.40 bits per heavy atom. The van der Waals surface area contributed by atoms with Gasteiger partial charge < -0.3 is 5.73 Å². The van der Waals surface area contributed by atoms with E-state index < -0.39 is 0 Å². The molecule has 0 heterocycles. The van der Waals surface area contributed by atoms with Gasteiger partial charge >= 0.3 is 0 Å². The largest absolute Gasteiger partial charge is 0.329 e. The average molecular weight is 268 g/mol. The number of rotatable bonds is 3. The fourth-order valence-electron chi connectivity index (χ4n) is 2.06. The molecule has 0 aromatic heterocycles. The third-order valence-corrected chi connectivity index (χ3v) is 3.99. The molecule has 0 spiro atoms. The molecule has 1 saturated carbocycles. The Hall–Kier alpha value is -0.670. The van der Waals surface area contributed by atoms with Crippen molar-refractivity contribution in [2.75, 3.05) is 6.54 Å². The first-order valence-corrected chi connectivity index (χ1v) is 5.98. The van der Waals surface area contributed by atoms with E-state index in [2.05, 4.69) is 15.9 Å². The fourth-order valence-corrected chi connectivity index (χ4v) is 2.52. The topological polar surface area (TPSA) is 43.1 Å². The maximum absolute atomic E-state index is 12.3. The van der Waals surface area contributed by atoms with Crippen molar-refractivity contribution in [1.82, 2.24) is 0 Å². The van der Waals surface area contributed by atoms with Gasteiger partial charge in [0.15, 0.2) is 5.78 Å². The van der Waals surface area contributed by atoms with E-state index in [1.807, 2.05) is 24.3 Å². The van der Waals surface area contributed by atoms with Crippen molar-refractivity contribution in [3.05, 3.63) is 34.3 Å². The van der Waals surface area contributed by atoms with Gasteiger partial charge in [0, 0.05) is 22.0 Å². The molecule has 0 amide bonds. The Balaban J connectivity index is 2.32. The van der Waals surface area contributed by atoms with Crippen LogP contribution in [0.1, 0.15) is 29.6 Å². The number of nitrogens with two attached hydrogens (primary N) is 1. The molecule has 2 N–H and O–H groups in total. The van der Waals surface area contributed by atoms with Gasteiger partial charge in [0.05, 0.1) is 0 Å². The molecule has 0 atom stereocenters. The van der Waals surface area contributed by atoms with Crippen LogP contribution in [0.25, 0.3) is 0 Å². The van der Waals surface area contributed by atoms with Crippen molar-refractivity contribution >= 4 is 21.7 Å². The van der Waals surface area contributed by atoms with Crippen LogP contribution in [0.4, 0.5) is 0 Å². The molecule has 0 saturated heterocycles. The van der Waals surface area contributed by atoms with E-state index in [1.54, 1.807) is 0 Å². The summed E-state index contributed by atoms with van der Waals surface area (Å²) < 4.78 is 0.870. The van der Waals surface area contributed by atoms with Crippen LogP contribution in [0.2, 0.25) is 0 Å². The minimum atomic E-state index is -0.274. The van der Waals surface area contributed by atoms with E-state index in [0.29, 0.717) is 6.54 Å². The first-order valence-electron chi connectivity index (χ1n) is 5.19. The van der Waals surface area contributed by atoms with Crippen molar-refractivity contribution in [1.29, 1.82) is 0 Å². The molecule has 1 aliphatic carbocycles. The molecule has 1 aromatic carbocycles. The standard InChI is InChI=1S/C12H14BrNO/c13-10-5-2-1-4-9(10)11(15)12(8-14)6-3-7-12/h1-2,4-5H,3,6-8,14H2. The quantitative estimate of drug-likeness (QED) is 0.856. The van der Waals surface area contributed by atoms with Crippen molar-refractivity contribution in [3.8, 4) is 0 Å². The Bertz CT molecular complexity index is 379. The highest BCUT2D eigenvalue weighted by molar-refractivity contribution is 9.10. The van der Waals surface area contributed by atoms with Crippen molar-refractivity contribution in [2.24, 2.45) is 11.1 Å². The van der Waals surface area contributed by atoms with Gasteiger partial charge in [-0.2, -0.15) is 0 Å². The zero-order chi connectivity index (χ0) is 10.9. The highest BCUT2D eigenvalue weighted by Crippen LogP contribution is 2.43. The lowest BCUT2D eigenvalue weighted by Gasteiger charge is -2.39. The van der Waals surface area contributed by atoms with Gasteiger partial charge in [0.25, 0.3) is 0 Å². The van der Waals surface area contributed by atoms with Gasteiger partial charge in [0.1, 0.15) is 0 Å². The first-order chi connectivity index (χ1) is 7.19. The maximum Gasteiger partial charge on any atom is 0.171 e. The lowest BCUT2D eigenvalue weighted by atomic mass is 9.64. The van der Waals surface area contributed by atoms with Crippen LogP contribution in [0, 0.1) is 5.41 Å². The lowest BCUT2D eigenvalue weighted by Crippen LogP contribution is -2.44. The molecule has 80 valence electrons. The van der Waals surface area contributed by atoms with Gasteiger partial charge in [-0.3, -0.25) is 4.79 Å². The Morgan fingerprint density at radius 3 is 2.53 bits per heavy atom. The monoisotopic (exact) mass is 267 g/mol. The Labute approximate surface area is 98.0 Å². The summed E-state index contributed by atoms with van der Waals surface area (Å²) in [5.74, 6) is 0.198. The van der Waals surface area contributed by atoms with Crippen LogP contribution in [-0.4, -0.2) is 12.3 Å². The molecule has 3 heteroatoms. The zero-order valence-corrected chi connectivity index (χ0v) is 10.1.